The summed E-state index contributed by atoms with van der Waals surface area (Å²) in [4.78, 5) is 7.28. The van der Waals surface area contributed by atoms with Gasteiger partial charge in [0.15, 0.2) is 0 Å². The number of halogens is 1. The van der Waals surface area contributed by atoms with Gasteiger partial charge in [0.2, 0.25) is 0 Å². The molecule has 5 aromatic rings. The van der Waals surface area contributed by atoms with Crippen LogP contribution in [0.15, 0.2) is 139 Å². The van der Waals surface area contributed by atoms with Crippen LogP contribution < -0.4 is 4.90 Å². The minimum atomic E-state index is -0.236. The van der Waals surface area contributed by atoms with E-state index < -0.39 is 0 Å². The highest BCUT2D eigenvalue weighted by Crippen LogP contribution is 2.35. The average Bonchev–Trinajstić information content (AvgIpc) is 3.06. The Hall–Kier alpha value is -4.76. The molecule has 208 valence electrons. The van der Waals surface area contributed by atoms with Gasteiger partial charge in [-0.2, -0.15) is 0 Å². The number of benzene rings is 4. The monoisotopic (exact) mass is 550 g/mol. The molecule has 0 atom stereocenters. The Kier molecular flexibility index (Phi) is 8.37. The summed E-state index contributed by atoms with van der Waals surface area (Å²) in [6, 6.07) is 38.9. The molecule has 0 bridgehead atoms. The fourth-order valence-corrected chi connectivity index (χ4v) is 5.43. The first-order chi connectivity index (χ1) is 20.7. The van der Waals surface area contributed by atoms with E-state index in [-0.39, 0.29) is 5.82 Å². The summed E-state index contributed by atoms with van der Waals surface area (Å²) in [5.74, 6) is -0.236. The summed E-state index contributed by atoms with van der Waals surface area (Å²) < 4.78 is 13.8. The van der Waals surface area contributed by atoms with Crippen LogP contribution in [-0.4, -0.2) is 4.98 Å². The first kappa shape index (κ1) is 27.4. The highest BCUT2D eigenvalue weighted by Gasteiger charge is 2.15. The number of unbranched alkanes of at least 4 members (excludes halogenated alkanes) is 1. The number of pyridine rings is 1. The Labute approximate surface area is 248 Å². The number of hydrogen-bond acceptors (Lipinski definition) is 2. The van der Waals surface area contributed by atoms with Gasteiger partial charge in [-0.1, -0.05) is 92.2 Å². The lowest BCUT2D eigenvalue weighted by molar-refractivity contribution is 0.628. The van der Waals surface area contributed by atoms with E-state index in [1.165, 1.54) is 30.5 Å². The van der Waals surface area contributed by atoms with Crippen LogP contribution >= 0.6 is 0 Å². The van der Waals surface area contributed by atoms with E-state index >= 15 is 0 Å². The lowest BCUT2D eigenvalue weighted by atomic mass is 9.98. The quantitative estimate of drug-likeness (QED) is 0.181. The van der Waals surface area contributed by atoms with Crippen LogP contribution in [-0.2, 0) is 6.42 Å². The van der Waals surface area contributed by atoms with Gasteiger partial charge in [-0.3, -0.25) is 0 Å². The maximum absolute atomic E-state index is 13.8. The molecule has 0 aliphatic heterocycles. The zero-order valence-electron chi connectivity index (χ0n) is 24.0. The van der Waals surface area contributed by atoms with Crippen LogP contribution in [0, 0.1) is 5.82 Å². The molecule has 1 aromatic heterocycles. The molecule has 0 radical (unpaired) electrons. The van der Waals surface area contributed by atoms with Crippen LogP contribution in [0.4, 0.5) is 15.8 Å². The molecule has 0 unspecified atom stereocenters. The Morgan fingerprint density at radius 3 is 1.90 bits per heavy atom. The van der Waals surface area contributed by atoms with Gasteiger partial charge in [0.05, 0.1) is 11.4 Å². The van der Waals surface area contributed by atoms with Crippen molar-refractivity contribution in [1.82, 2.24) is 4.98 Å². The number of hydrogen-bond donors (Lipinski definition) is 0. The van der Waals surface area contributed by atoms with E-state index in [0.29, 0.717) is 0 Å². The maximum Gasteiger partial charge on any atom is 0.123 e. The van der Waals surface area contributed by atoms with Gasteiger partial charge in [-0.05, 0) is 97.0 Å². The van der Waals surface area contributed by atoms with E-state index in [2.05, 4.69) is 115 Å². The normalized spacial score (nSPS) is 12.7. The molecule has 0 saturated heterocycles. The lowest BCUT2D eigenvalue weighted by Gasteiger charge is -2.27. The number of nitrogens with zero attached hydrogens (tertiary/aromatic N) is 2. The predicted molar refractivity (Wildman–Crippen MR) is 174 cm³/mol. The molecule has 0 fully saturated rings. The Morgan fingerprint density at radius 1 is 0.667 bits per heavy atom. The fourth-order valence-electron chi connectivity index (χ4n) is 5.43. The molecule has 3 heteroatoms. The first-order valence-electron chi connectivity index (χ1n) is 14.9. The van der Waals surface area contributed by atoms with Crippen molar-refractivity contribution < 1.29 is 4.39 Å². The zero-order valence-corrected chi connectivity index (χ0v) is 24.0. The summed E-state index contributed by atoms with van der Waals surface area (Å²) in [5.41, 5.74) is 10.8. The van der Waals surface area contributed by atoms with E-state index in [4.69, 9.17) is 4.98 Å². The molecule has 42 heavy (non-hydrogen) atoms. The largest absolute Gasteiger partial charge is 0.311 e. The lowest BCUT2D eigenvalue weighted by Crippen LogP contribution is -2.16. The van der Waals surface area contributed by atoms with Crippen LogP contribution in [0.1, 0.15) is 38.2 Å². The summed E-state index contributed by atoms with van der Waals surface area (Å²) in [5, 5.41) is 0. The number of allylic oxidation sites excluding steroid dienone is 3. The second-order valence-corrected chi connectivity index (χ2v) is 10.8. The van der Waals surface area contributed by atoms with Gasteiger partial charge < -0.3 is 4.90 Å². The van der Waals surface area contributed by atoms with Crippen molar-refractivity contribution in [2.24, 2.45) is 0 Å². The zero-order chi connectivity index (χ0) is 28.7. The molecule has 0 amide bonds. The third kappa shape index (κ3) is 6.26. The highest BCUT2D eigenvalue weighted by atomic mass is 19.1. The highest BCUT2D eigenvalue weighted by molar-refractivity contribution is 5.79. The molecule has 1 aliphatic carbocycles. The molecule has 0 N–H and O–H groups in total. The second kappa shape index (κ2) is 12.8. The topological polar surface area (TPSA) is 16.1 Å². The summed E-state index contributed by atoms with van der Waals surface area (Å²) >= 11 is 0. The predicted octanol–water partition coefficient (Wildman–Crippen LogP) is 10.9. The van der Waals surface area contributed by atoms with E-state index in [0.717, 1.165) is 70.0 Å². The average molecular weight is 551 g/mol. The van der Waals surface area contributed by atoms with Crippen LogP contribution in [0.25, 0.3) is 33.6 Å². The van der Waals surface area contributed by atoms with Gasteiger partial charge >= 0.3 is 0 Å². The van der Waals surface area contributed by atoms with Crippen molar-refractivity contribution in [3.8, 4) is 33.6 Å². The van der Waals surface area contributed by atoms with Gasteiger partial charge in [0.25, 0.3) is 0 Å². The van der Waals surface area contributed by atoms with Crippen molar-refractivity contribution in [3.63, 3.8) is 0 Å². The third-order valence-corrected chi connectivity index (χ3v) is 7.74. The maximum atomic E-state index is 13.8. The van der Waals surface area contributed by atoms with Crippen LogP contribution in [0.2, 0.25) is 0 Å². The Balaban J connectivity index is 1.38. The van der Waals surface area contributed by atoms with Crippen molar-refractivity contribution in [3.05, 3.63) is 151 Å². The van der Waals surface area contributed by atoms with Crippen molar-refractivity contribution in [2.75, 3.05) is 4.90 Å². The SMILES string of the molecule is CCCCc1ccc(-c2cc(-c3ccc(N(C4=CCCC=C4)c4ccc(F)cc4)cc3)cc(-c3ccccc3)n2)cc1. The number of rotatable bonds is 9. The van der Waals surface area contributed by atoms with Crippen molar-refractivity contribution in [1.29, 1.82) is 0 Å². The summed E-state index contributed by atoms with van der Waals surface area (Å²) in [6.07, 6.45) is 12.1. The van der Waals surface area contributed by atoms with Crippen molar-refractivity contribution in [2.45, 2.75) is 39.0 Å². The van der Waals surface area contributed by atoms with Gasteiger partial charge in [0, 0.05) is 28.2 Å². The second-order valence-electron chi connectivity index (χ2n) is 10.8. The molecule has 4 aromatic carbocycles. The summed E-state index contributed by atoms with van der Waals surface area (Å²) in [6.45, 7) is 2.23. The molecule has 1 aliphatic rings. The Morgan fingerprint density at radius 2 is 1.29 bits per heavy atom. The molecule has 0 spiro atoms. The van der Waals surface area contributed by atoms with Crippen LogP contribution in [0.5, 0.6) is 0 Å². The fraction of sp³-hybridized carbons (Fsp3) is 0.154. The molecule has 6 rings (SSSR count). The Bertz CT molecular complexity index is 1680. The molecule has 1 heterocycles. The van der Waals surface area contributed by atoms with Gasteiger partial charge in [-0.15, -0.1) is 0 Å². The molecule has 0 saturated carbocycles. The number of anilines is 2. The standard InChI is InChI=1S/C39H35FN2/c1-2-3-10-29-15-17-32(18-16-29)39-28-33(27-38(41-39)31-11-6-4-7-12-31)30-19-23-36(24-20-30)42(35-13-8-5-9-14-35)37-25-21-34(40)22-26-37/h4,6-8,11-28H,2-3,5,9-10H2,1H3. The van der Waals surface area contributed by atoms with Crippen LogP contribution in [0.3, 0.4) is 0 Å². The number of aryl methyl sites for hydroxylation is 1. The van der Waals surface area contributed by atoms with Crippen molar-refractivity contribution >= 4 is 11.4 Å². The van der Waals surface area contributed by atoms with E-state index in [1.54, 1.807) is 0 Å². The van der Waals surface area contributed by atoms with Gasteiger partial charge in [0.1, 0.15) is 5.82 Å². The first-order valence-corrected chi connectivity index (χ1v) is 14.9. The minimum absolute atomic E-state index is 0.236. The molecular weight excluding hydrogens is 515 g/mol. The summed E-state index contributed by atoms with van der Waals surface area (Å²) in [7, 11) is 0. The van der Waals surface area contributed by atoms with E-state index in [9.17, 15) is 4.39 Å². The third-order valence-electron chi connectivity index (χ3n) is 7.74. The minimum Gasteiger partial charge on any atom is -0.311 e. The van der Waals surface area contributed by atoms with E-state index in [1.807, 2.05) is 18.2 Å². The van der Waals surface area contributed by atoms with Gasteiger partial charge in [-0.25, -0.2) is 9.37 Å². The number of aromatic nitrogens is 1. The molecular formula is C39H35FN2. The smallest absolute Gasteiger partial charge is 0.123 e. The molecule has 2 nitrogen and oxygen atoms in total.